The van der Waals surface area contributed by atoms with E-state index in [-0.39, 0.29) is 5.91 Å². The summed E-state index contributed by atoms with van der Waals surface area (Å²) in [5, 5.41) is 11.8. The number of fused-ring (bicyclic) bond motifs is 1. The van der Waals surface area contributed by atoms with Crippen molar-refractivity contribution in [1.29, 1.82) is 0 Å². The number of aromatic amines is 1. The summed E-state index contributed by atoms with van der Waals surface area (Å²) in [7, 11) is 1.91. The molecule has 0 atom stereocenters. The van der Waals surface area contributed by atoms with Crippen LogP contribution < -0.4 is 4.90 Å². The van der Waals surface area contributed by atoms with Gasteiger partial charge >= 0.3 is 0 Å². The molecule has 150 valence electrons. The number of rotatable bonds is 3. The van der Waals surface area contributed by atoms with E-state index in [2.05, 4.69) is 45.6 Å². The van der Waals surface area contributed by atoms with Crippen molar-refractivity contribution >= 4 is 11.6 Å². The Morgan fingerprint density at radius 2 is 1.83 bits per heavy atom. The van der Waals surface area contributed by atoms with Crippen LogP contribution >= 0.6 is 0 Å². The number of benzene rings is 2. The Kier molecular flexibility index (Phi) is 4.28. The van der Waals surface area contributed by atoms with E-state index in [0.29, 0.717) is 12.2 Å². The number of nitrogens with one attached hydrogen (secondary N) is 1. The van der Waals surface area contributed by atoms with Crippen LogP contribution in [0.1, 0.15) is 27.4 Å². The smallest absolute Gasteiger partial charge is 0.276 e. The van der Waals surface area contributed by atoms with Gasteiger partial charge < -0.3 is 4.90 Å². The van der Waals surface area contributed by atoms with Gasteiger partial charge in [0.05, 0.1) is 11.4 Å². The van der Waals surface area contributed by atoms with Crippen molar-refractivity contribution in [2.45, 2.75) is 20.3 Å². The average molecular weight is 397 g/mol. The van der Waals surface area contributed by atoms with Gasteiger partial charge in [-0.15, -0.1) is 0 Å². The molecule has 2 aromatic carbocycles. The summed E-state index contributed by atoms with van der Waals surface area (Å²) in [5.74, 6) is -0.0563. The zero-order valence-electron chi connectivity index (χ0n) is 17.3. The summed E-state index contributed by atoms with van der Waals surface area (Å²) >= 11 is 0. The number of carbonyl (C=O) groups is 1. The number of nitrogens with zero attached hydrogens (tertiary/aromatic N) is 4. The molecule has 1 N–H and O–H groups in total. The predicted molar refractivity (Wildman–Crippen MR) is 118 cm³/mol. The molecule has 0 fully saturated rings. The van der Waals surface area contributed by atoms with Crippen LogP contribution in [-0.2, 0) is 13.5 Å². The van der Waals surface area contributed by atoms with Crippen LogP contribution in [0.25, 0.3) is 22.4 Å². The number of anilines is 1. The summed E-state index contributed by atoms with van der Waals surface area (Å²) in [5.41, 5.74) is 8.68. The van der Waals surface area contributed by atoms with Crippen LogP contribution in [0.15, 0.2) is 54.6 Å². The zero-order chi connectivity index (χ0) is 20.8. The zero-order valence-corrected chi connectivity index (χ0v) is 17.3. The lowest BCUT2D eigenvalue weighted by atomic mass is 10.0. The first-order valence-electron chi connectivity index (χ1n) is 10.1. The van der Waals surface area contributed by atoms with Crippen molar-refractivity contribution < 1.29 is 4.79 Å². The fourth-order valence-electron chi connectivity index (χ4n) is 4.27. The molecule has 30 heavy (non-hydrogen) atoms. The van der Waals surface area contributed by atoms with Crippen molar-refractivity contribution in [2.75, 3.05) is 11.4 Å². The van der Waals surface area contributed by atoms with Gasteiger partial charge in [-0.1, -0.05) is 36.4 Å². The van der Waals surface area contributed by atoms with Gasteiger partial charge in [0, 0.05) is 30.5 Å². The largest absolute Gasteiger partial charge is 0.306 e. The molecule has 0 saturated carbocycles. The van der Waals surface area contributed by atoms with Gasteiger partial charge in [0.1, 0.15) is 5.69 Å². The highest BCUT2D eigenvalue weighted by Crippen LogP contribution is 2.33. The van der Waals surface area contributed by atoms with Crippen LogP contribution in [0.5, 0.6) is 0 Å². The number of aromatic nitrogens is 4. The molecule has 2 aromatic heterocycles. The van der Waals surface area contributed by atoms with Crippen LogP contribution in [0, 0.1) is 13.8 Å². The molecule has 1 amide bonds. The number of hydrogen-bond acceptors (Lipinski definition) is 3. The van der Waals surface area contributed by atoms with Crippen molar-refractivity contribution in [3.63, 3.8) is 0 Å². The Balaban J connectivity index is 1.43. The summed E-state index contributed by atoms with van der Waals surface area (Å²) in [4.78, 5) is 15.1. The van der Waals surface area contributed by atoms with Crippen LogP contribution in [0.4, 0.5) is 5.69 Å². The molecule has 0 bridgehead atoms. The number of hydrogen-bond donors (Lipinski definition) is 1. The molecule has 0 unspecified atom stereocenters. The first kappa shape index (κ1) is 18.4. The number of aryl methyl sites for hydroxylation is 2. The van der Waals surface area contributed by atoms with Gasteiger partial charge in [-0.05, 0) is 55.2 Å². The number of amides is 1. The van der Waals surface area contributed by atoms with E-state index in [9.17, 15) is 4.79 Å². The summed E-state index contributed by atoms with van der Waals surface area (Å²) in [6.07, 6.45) is 0.851. The van der Waals surface area contributed by atoms with Gasteiger partial charge in [-0.2, -0.15) is 10.2 Å². The second-order valence-corrected chi connectivity index (χ2v) is 7.75. The van der Waals surface area contributed by atoms with Gasteiger partial charge in [-0.3, -0.25) is 14.6 Å². The third-order valence-corrected chi connectivity index (χ3v) is 5.90. The second-order valence-electron chi connectivity index (χ2n) is 7.75. The quantitative estimate of drug-likeness (QED) is 0.561. The van der Waals surface area contributed by atoms with Crippen molar-refractivity contribution in [3.05, 3.63) is 77.2 Å². The monoisotopic (exact) mass is 397 g/mol. The van der Waals surface area contributed by atoms with Crippen molar-refractivity contribution in [1.82, 2.24) is 20.0 Å². The molecule has 6 nitrogen and oxygen atoms in total. The minimum Gasteiger partial charge on any atom is -0.306 e. The molecule has 1 aliphatic heterocycles. The molecule has 1 aliphatic rings. The lowest BCUT2D eigenvalue weighted by Gasteiger charge is -2.16. The number of H-pyrrole nitrogens is 1. The standard InChI is InChI=1S/C24H23N5O/c1-15-23(16(2)28(3)27-15)20-14-21(26-25-20)24(30)29-12-11-19-13-18(9-10-22(19)29)17-7-5-4-6-8-17/h4-10,13-14H,11-12H2,1-3H3,(H,25,26). The van der Waals surface area contributed by atoms with E-state index in [1.165, 1.54) is 16.7 Å². The van der Waals surface area contributed by atoms with E-state index in [1.807, 2.05) is 54.7 Å². The fraction of sp³-hybridized carbons (Fsp3) is 0.208. The summed E-state index contributed by atoms with van der Waals surface area (Å²) in [6, 6.07) is 18.5. The second kappa shape index (κ2) is 6.99. The minimum atomic E-state index is -0.0563. The molecule has 4 aromatic rings. The molecule has 5 rings (SSSR count). The highest BCUT2D eigenvalue weighted by atomic mass is 16.2. The number of carbonyl (C=O) groups excluding carboxylic acids is 1. The Bertz CT molecular complexity index is 1250. The first-order chi connectivity index (χ1) is 14.5. The van der Waals surface area contributed by atoms with Crippen LogP contribution in [0.2, 0.25) is 0 Å². The Hall–Kier alpha value is -3.67. The lowest BCUT2D eigenvalue weighted by molar-refractivity contribution is 0.0984. The highest BCUT2D eigenvalue weighted by Gasteiger charge is 2.27. The maximum absolute atomic E-state index is 13.2. The summed E-state index contributed by atoms with van der Waals surface area (Å²) in [6.45, 7) is 4.64. The Morgan fingerprint density at radius 1 is 1.03 bits per heavy atom. The van der Waals surface area contributed by atoms with E-state index in [0.717, 1.165) is 34.8 Å². The van der Waals surface area contributed by atoms with Gasteiger partial charge in [0.25, 0.3) is 5.91 Å². The molecule has 0 spiro atoms. The predicted octanol–water partition coefficient (Wildman–Crippen LogP) is 4.30. The maximum Gasteiger partial charge on any atom is 0.276 e. The van der Waals surface area contributed by atoms with E-state index in [1.54, 1.807) is 0 Å². The van der Waals surface area contributed by atoms with Crippen LogP contribution in [0.3, 0.4) is 0 Å². The van der Waals surface area contributed by atoms with E-state index in [4.69, 9.17) is 0 Å². The third-order valence-electron chi connectivity index (χ3n) is 5.90. The molecular formula is C24H23N5O. The van der Waals surface area contributed by atoms with E-state index < -0.39 is 0 Å². The minimum absolute atomic E-state index is 0.0563. The highest BCUT2D eigenvalue weighted by molar-refractivity contribution is 6.06. The maximum atomic E-state index is 13.2. The van der Waals surface area contributed by atoms with Crippen molar-refractivity contribution in [2.24, 2.45) is 7.05 Å². The fourth-order valence-corrected chi connectivity index (χ4v) is 4.27. The molecular weight excluding hydrogens is 374 g/mol. The molecule has 3 heterocycles. The normalized spacial score (nSPS) is 13.0. The molecule has 0 radical (unpaired) electrons. The summed E-state index contributed by atoms with van der Waals surface area (Å²) < 4.78 is 1.84. The van der Waals surface area contributed by atoms with Gasteiger partial charge in [-0.25, -0.2) is 0 Å². The molecule has 0 saturated heterocycles. The molecule has 6 heteroatoms. The van der Waals surface area contributed by atoms with Gasteiger partial charge in [0.15, 0.2) is 0 Å². The first-order valence-corrected chi connectivity index (χ1v) is 10.1. The Morgan fingerprint density at radius 3 is 2.57 bits per heavy atom. The molecule has 0 aliphatic carbocycles. The van der Waals surface area contributed by atoms with Gasteiger partial charge in [0.2, 0.25) is 0 Å². The third kappa shape index (κ3) is 2.92. The lowest BCUT2D eigenvalue weighted by Crippen LogP contribution is -2.29. The SMILES string of the molecule is Cc1nn(C)c(C)c1-c1cc(C(=O)N2CCc3cc(-c4ccccc4)ccc32)[nH]n1. The van der Waals surface area contributed by atoms with E-state index >= 15 is 0 Å². The topological polar surface area (TPSA) is 66.8 Å². The Labute approximate surface area is 175 Å². The van der Waals surface area contributed by atoms with Crippen LogP contribution in [-0.4, -0.2) is 32.4 Å². The van der Waals surface area contributed by atoms with Crippen molar-refractivity contribution in [3.8, 4) is 22.4 Å². The average Bonchev–Trinajstić information content (AvgIpc) is 3.46.